The predicted molar refractivity (Wildman–Crippen MR) is 151 cm³/mol. The van der Waals surface area contributed by atoms with Crippen molar-refractivity contribution < 1.29 is 19.1 Å². The first-order chi connectivity index (χ1) is 18.2. The third-order valence-corrected chi connectivity index (χ3v) is 7.93. The average molecular weight is 551 g/mol. The van der Waals surface area contributed by atoms with E-state index >= 15 is 0 Å². The van der Waals surface area contributed by atoms with Crippen LogP contribution in [0.4, 0.5) is 5.00 Å². The second-order valence-corrected chi connectivity index (χ2v) is 10.8. The van der Waals surface area contributed by atoms with E-state index in [0.717, 1.165) is 33.6 Å². The number of esters is 1. The van der Waals surface area contributed by atoms with Crippen molar-refractivity contribution in [2.45, 2.75) is 39.0 Å². The highest BCUT2D eigenvalue weighted by Gasteiger charge is 2.24. The summed E-state index contributed by atoms with van der Waals surface area (Å²) in [6.45, 7) is 7.92. The van der Waals surface area contributed by atoms with Crippen LogP contribution in [-0.4, -0.2) is 39.5 Å². The Morgan fingerprint density at radius 2 is 1.76 bits per heavy atom. The Morgan fingerprint density at radius 3 is 2.47 bits per heavy atom. The molecule has 2 heterocycles. The van der Waals surface area contributed by atoms with Gasteiger partial charge in [0, 0.05) is 18.0 Å². The maximum absolute atomic E-state index is 12.9. The Hall–Kier alpha value is -3.63. The lowest BCUT2D eigenvalue weighted by Crippen LogP contribution is -2.16. The van der Waals surface area contributed by atoms with Gasteiger partial charge in [-0.1, -0.05) is 53.2 Å². The molecule has 0 aliphatic heterocycles. The summed E-state index contributed by atoms with van der Waals surface area (Å²) in [5.74, 6) is 0.736. The van der Waals surface area contributed by atoms with Crippen molar-refractivity contribution >= 4 is 40.0 Å². The van der Waals surface area contributed by atoms with E-state index in [4.69, 9.17) is 9.47 Å². The molecular weight excluding hydrogens is 520 g/mol. The van der Waals surface area contributed by atoms with Gasteiger partial charge in [0.15, 0.2) is 17.1 Å². The van der Waals surface area contributed by atoms with Crippen molar-refractivity contribution in [1.29, 1.82) is 0 Å². The van der Waals surface area contributed by atoms with E-state index < -0.39 is 5.97 Å². The Bertz CT molecular complexity index is 1460. The van der Waals surface area contributed by atoms with Crippen molar-refractivity contribution in [3.05, 3.63) is 75.9 Å². The highest BCUT2D eigenvalue weighted by molar-refractivity contribution is 7.99. The number of aromatic nitrogens is 3. The third kappa shape index (κ3) is 6.08. The lowest BCUT2D eigenvalue weighted by Gasteiger charge is -2.14. The fraction of sp³-hybridized carbons (Fsp3) is 0.286. The van der Waals surface area contributed by atoms with Crippen LogP contribution in [0.25, 0.3) is 11.1 Å². The van der Waals surface area contributed by atoms with E-state index in [0.29, 0.717) is 21.5 Å². The molecule has 38 heavy (non-hydrogen) atoms. The zero-order chi connectivity index (χ0) is 27.4. The minimum atomic E-state index is -0.495. The lowest BCUT2D eigenvalue weighted by molar-refractivity contribution is -0.113. The molecule has 0 radical (unpaired) electrons. The van der Waals surface area contributed by atoms with Crippen LogP contribution in [0.3, 0.4) is 0 Å². The van der Waals surface area contributed by atoms with Crippen LogP contribution in [-0.2, 0) is 16.6 Å². The highest BCUT2D eigenvalue weighted by atomic mass is 32.2. The molecule has 1 unspecified atom stereocenters. The van der Waals surface area contributed by atoms with Gasteiger partial charge in [0.2, 0.25) is 5.91 Å². The van der Waals surface area contributed by atoms with Crippen molar-refractivity contribution in [2.24, 2.45) is 7.05 Å². The molecule has 0 aliphatic carbocycles. The number of carbonyl (C=O) groups excluding carboxylic acids is 2. The van der Waals surface area contributed by atoms with Crippen LogP contribution in [0, 0.1) is 20.8 Å². The Labute approximate surface area is 230 Å². The predicted octanol–water partition coefficient (Wildman–Crippen LogP) is 6.13. The number of anilines is 1. The molecule has 2 aromatic heterocycles. The molecule has 1 amide bonds. The molecule has 0 fully saturated rings. The fourth-order valence-corrected chi connectivity index (χ4v) is 5.63. The molecule has 0 aliphatic rings. The van der Waals surface area contributed by atoms with Crippen LogP contribution in [0.2, 0.25) is 0 Å². The van der Waals surface area contributed by atoms with Crippen LogP contribution < -0.4 is 10.1 Å². The molecule has 198 valence electrons. The van der Waals surface area contributed by atoms with Crippen molar-refractivity contribution in [3.63, 3.8) is 0 Å². The average Bonchev–Trinajstić information content (AvgIpc) is 3.48. The Balaban J connectivity index is 1.45. The van der Waals surface area contributed by atoms with Gasteiger partial charge in [-0.25, -0.2) is 4.79 Å². The van der Waals surface area contributed by atoms with E-state index in [1.54, 1.807) is 0 Å². The molecule has 0 saturated carbocycles. The summed E-state index contributed by atoms with van der Waals surface area (Å²) in [6, 6.07) is 13.9. The number of carbonyl (C=O) groups is 2. The number of hydrogen-bond donors (Lipinski definition) is 1. The number of benzene rings is 2. The quantitative estimate of drug-likeness (QED) is 0.198. The van der Waals surface area contributed by atoms with Gasteiger partial charge in [0.05, 0.1) is 12.9 Å². The number of methoxy groups -OCH3 is 1. The van der Waals surface area contributed by atoms with Gasteiger partial charge in [0.25, 0.3) is 0 Å². The van der Waals surface area contributed by atoms with Gasteiger partial charge in [-0.05, 0) is 51.0 Å². The van der Waals surface area contributed by atoms with Gasteiger partial charge >= 0.3 is 5.97 Å². The monoisotopic (exact) mass is 550 g/mol. The number of aryl methyl sites for hydroxylation is 3. The van der Waals surface area contributed by atoms with E-state index in [-0.39, 0.29) is 17.8 Å². The van der Waals surface area contributed by atoms with Gasteiger partial charge in [-0.3, -0.25) is 4.79 Å². The Morgan fingerprint density at radius 1 is 1.05 bits per heavy atom. The summed E-state index contributed by atoms with van der Waals surface area (Å²) in [7, 11) is 3.18. The maximum Gasteiger partial charge on any atom is 0.341 e. The van der Waals surface area contributed by atoms with Gasteiger partial charge in [-0.15, -0.1) is 21.5 Å². The SMILES string of the molecule is COC(=O)c1c(-c2cc(C)ccc2C)csc1NC(=O)CSc1nnc(C(C)Oc2ccc(C)cc2)n1C. The zero-order valence-corrected chi connectivity index (χ0v) is 23.8. The third-order valence-electron chi connectivity index (χ3n) is 6.02. The Kier molecular flexibility index (Phi) is 8.53. The normalized spacial score (nSPS) is 11.7. The van der Waals surface area contributed by atoms with Crippen LogP contribution in [0.15, 0.2) is 53.0 Å². The molecular formula is C28H30N4O4S2. The number of nitrogens with zero attached hydrogens (tertiary/aromatic N) is 3. The number of hydrogen-bond acceptors (Lipinski definition) is 8. The molecule has 0 saturated heterocycles. The van der Waals surface area contributed by atoms with Crippen LogP contribution in [0.5, 0.6) is 5.75 Å². The second kappa shape index (κ2) is 11.8. The summed E-state index contributed by atoms with van der Waals surface area (Å²) in [5, 5.41) is 14.3. The maximum atomic E-state index is 12.9. The molecule has 2 aromatic carbocycles. The standard InChI is InChI=1S/C28H30N4O4S2/c1-16-8-11-20(12-9-16)36-19(4)25-30-31-28(32(25)5)38-15-23(33)29-26-24(27(34)35-6)22(14-37-26)21-13-17(2)7-10-18(21)3/h7-14,19H,15H2,1-6H3,(H,29,33). The minimum Gasteiger partial charge on any atom is -0.483 e. The topological polar surface area (TPSA) is 95.3 Å². The fourth-order valence-electron chi connectivity index (χ4n) is 3.95. The molecule has 0 spiro atoms. The molecule has 8 nitrogen and oxygen atoms in total. The van der Waals surface area contributed by atoms with Crippen LogP contribution >= 0.6 is 23.1 Å². The first kappa shape index (κ1) is 27.4. The summed E-state index contributed by atoms with van der Waals surface area (Å²) >= 11 is 2.56. The first-order valence-corrected chi connectivity index (χ1v) is 13.9. The van der Waals surface area contributed by atoms with Crippen molar-refractivity contribution in [2.75, 3.05) is 18.2 Å². The number of rotatable bonds is 9. The van der Waals surface area contributed by atoms with E-state index in [1.807, 2.05) is 87.2 Å². The molecule has 1 atom stereocenters. The first-order valence-electron chi connectivity index (χ1n) is 12.0. The van der Waals surface area contributed by atoms with E-state index in [9.17, 15) is 9.59 Å². The van der Waals surface area contributed by atoms with E-state index in [1.165, 1.54) is 30.2 Å². The van der Waals surface area contributed by atoms with Crippen LogP contribution in [0.1, 0.15) is 45.9 Å². The summed E-state index contributed by atoms with van der Waals surface area (Å²) in [5.41, 5.74) is 5.30. The largest absolute Gasteiger partial charge is 0.483 e. The summed E-state index contributed by atoms with van der Waals surface area (Å²) in [6.07, 6.45) is -0.324. The summed E-state index contributed by atoms with van der Waals surface area (Å²) < 4.78 is 12.9. The van der Waals surface area contributed by atoms with Gasteiger partial charge in [0.1, 0.15) is 16.3 Å². The summed E-state index contributed by atoms with van der Waals surface area (Å²) in [4.78, 5) is 25.6. The van der Waals surface area contributed by atoms with E-state index in [2.05, 4.69) is 15.5 Å². The number of thioether (sulfide) groups is 1. The number of nitrogens with one attached hydrogen (secondary N) is 1. The lowest BCUT2D eigenvalue weighted by atomic mass is 9.97. The number of amides is 1. The molecule has 0 bridgehead atoms. The molecule has 4 aromatic rings. The zero-order valence-electron chi connectivity index (χ0n) is 22.2. The molecule has 10 heteroatoms. The highest BCUT2D eigenvalue weighted by Crippen LogP contribution is 2.38. The molecule has 4 rings (SSSR count). The second-order valence-electron chi connectivity index (χ2n) is 8.97. The van der Waals surface area contributed by atoms with Crippen molar-refractivity contribution in [1.82, 2.24) is 14.8 Å². The van der Waals surface area contributed by atoms with Gasteiger partial charge < -0.3 is 19.4 Å². The minimum absolute atomic E-state index is 0.0937. The molecule has 1 N–H and O–H groups in total. The smallest absolute Gasteiger partial charge is 0.341 e. The van der Waals surface area contributed by atoms with Crippen molar-refractivity contribution in [3.8, 4) is 16.9 Å². The number of ether oxygens (including phenoxy) is 2. The van der Waals surface area contributed by atoms with Gasteiger partial charge in [-0.2, -0.15) is 0 Å². The number of thiophene rings is 1.